The molecule has 0 bridgehead atoms. The van der Waals surface area contributed by atoms with Crippen LogP contribution in [0.3, 0.4) is 0 Å². The van der Waals surface area contributed by atoms with Crippen LogP contribution < -0.4 is 5.73 Å². The first kappa shape index (κ1) is 14.9. The number of carbonyl (C=O) groups excluding carboxylic acids is 1. The Morgan fingerprint density at radius 1 is 1.35 bits per heavy atom. The van der Waals surface area contributed by atoms with Crippen molar-refractivity contribution in [3.63, 3.8) is 0 Å². The van der Waals surface area contributed by atoms with Gasteiger partial charge in [-0.25, -0.2) is 0 Å². The molecule has 1 amide bonds. The summed E-state index contributed by atoms with van der Waals surface area (Å²) in [5, 5.41) is 0. The first-order valence-corrected chi connectivity index (χ1v) is 7.34. The molecule has 2 heterocycles. The van der Waals surface area contributed by atoms with E-state index in [0.717, 1.165) is 38.2 Å². The van der Waals surface area contributed by atoms with Crippen molar-refractivity contribution in [2.45, 2.75) is 32.9 Å². The van der Waals surface area contributed by atoms with E-state index in [1.807, 2.05) is 11.0 Å². The first-order chi connectivity index (χ1) is 9.65. The van der Waals surface area contributed by atoms with E-state index < -0.39 is 0 Å². The largest absolute Gasteiger partial charge is 0.335 e. The smallest absolute Gasteiger partial charge is 0.272 e. The molecule has 1 aromatic rings. The van der Waals surface area contributed by atoms with Crippen LogP contribution in [-0.4, -0.2) is 52.9 Å². The van der Waals surface area contributed by atoms with E-state index in [-0.39, 0.29) is 5.91 Å². The van der Waals surface area contributed by atoms with Crippen molar-refractivity contribution in [3.8, 4) is 0 Å². The summed E-state index contributed by atoms with van der Waals surface area (Å²) in [6, 6.07) is 4.23. The van der Waals surface area contributed by atoms with Crippen LogP contribution >= 0.6 is 0 Å². The fourth-order valence-electron chi connectivity index (χ4n) is 2.46. The average molecular weight is 276 g/mol. The quantitative estimate of drug-likeness (QED) is 0.894. The van der Waals surface area contributed by atoms with Crippen LogP contribution in [0, 0.1) is 0 Å². The van der Waals surface area contributed by atoms with Crippen LogP contribution in [0.2, 0.25) is 0 Å². The Morgan fingerprint density at radius 2 is 2.05 bits per heavy atom. The normalized spacial score (nSPS) is 18.1. The fourth-order valence-corrected chi connectivity index (χ4v) is 2.46. The highest BCUT2D eigenvalue weighted by atomic mass is 16.2. The summed E-state index contributed by atoms with van der Waals surface area (Å²) >= 11 is 0. The number of piperazine rings is 1. The average Bonchev–Trinajstić information content (AvgIpc) is 2.53. The molecule has 0 radical (unpaired) electrons. The van der Waals surface area contributed by atoms with Gasteiger partial charge in [0, 0.05) is 45.0 Å². The van der Waals surface area contributed by atoms with Gasteiger partial charge in [0.25, 0.3) is 5.91 Å². The van der Waals surface area contributed by atoms with E-state index >= 15 is 0 Å². The summed E-state index contributed by atoms with van der Waals surface area (Å²) < 4.78 is 0. The number of amides is 1. The third kappa shape index (κ3) is 3.35. The van der Waals surface area contributed by atoms with Gasteiger partial charge in [-0.05, 0) is 25.0 Å². The zero-order valence-electron chi connectivity index (χ0n) is 12.4. The number of hydrogen-bond acceptors (Lipinski definition) is 4. The van der Waals surface area contributed by atoms with Gasteiger partial charge in [0.05, 0.1) is 0 Å². The SMILES string of the molecule is CCC(C)N1CCN(C(=O)c2ccc(CN)cn2)CC1. The summed E-state index contributed by atoms with van der Waals surface area (Å²) in [5.74, 6) is 0.0253. The second-order valence-electron chi connectivity index (χ2n) is 5.34. The van der Waals surface area contributed by atoms with Gasteiger partial charge in [-0.3, -0.25) is 14.7 Å². The molecule has 2 rings (SSSR count). The van der Waals surface area contributed by atoms with E-state index in [9.17, 15) is 4.79 Å². The maximum atomic E-state index is 12.4. The molecule has 5 nitrogen and oxygen atoms in total. The van der Waals surface area contributed by atoms with Gasteiger partial charge >= 0.3 is 0 Å². The Bertz CT molecular complexity index is 438. The third-order valence-corrected chi connectivity index (χ3v) is 4.10. The lowest BCUT2D eigenvalue weighted by molar-refractivity contribution is 0.0574. The molecule has 1 aromatic heterocycles. The van der Waals surface area contributed by atoms with Crippen LogP contribution in [-0.2, 0) is 6.54 Å². The molecule has 1 atom stereocenters. The fraction of sp³-hybridized carbons (Fsp3) is 0.600. The summed E-state index contributed by atoms with van der Waals surface area (Å²) in [4.78, 5) is 20.9. The predicted octanol–water partition coefficient (Wildman–Crippen LogP) is 1.10. The van der Waals surface area contributed by atoms with E-state index in [1.165, 1.54) is 0 Å². The van der Waals surface area contributed by atoms with E-state index in [2.05, 4.69) is 23.7 Å². The topological polar surface area (TPSA) is 62.5 Å². The number of rotatable bonds is 4. The first-order valence-electron chi connectivity index (χ1n) is 7.34. The molecule has 0 spiro atoms. The molecule has 1 saturated heterocycles. The minimum absolute atomic E-state index is 0.0253. The molecule has 5 heteroatoms. The second kappa shape index (κ2) is 6.81. The lowest BCUT2D eigenvalue weighted by Gasteiger charge is -2.37. The Morgan fingerprint density at radius 3 is 2.55 bits per heavy atom. The number of carbonyl (C=O) groups is 1. The minimum Gasteiger partial charge on any atom is -0.335 e. The highest BCUT2D eigenvalue weighted by molar-refractivity contribution is 5.92. The lowest BCUT2D eigenvalue weighted by atomic mass is 10.2. The zero-order valence-corrected chi connectivity index (χ0v) is 12.4. The van der Waals surface area contributed by atoms with E-state index in [4.69, 9.17) is 5.73 Å². The number of nitrogens with zero attached hydrogens (tertiary/aromatic N) is 3. The van der Waals surface area contributed by atoms with Crippen molar-refractivity contribution < 1.29 is 4.79 Å². The zero-order chi connectivity index (χ0) is 14.5. The number of aromatic nitrogens is 1. The van der Waals surface area contributed by atoms with Crippen LogP contribution in [0.1, 0.15) is 36.3 Å². The second-order valence-corrected chi connectivity index (χ2v) is 5.34. The van der Waals surface area contributed by atoms with Crippen molar-refractivity contribution in [1.29, 1.82) is 0 Å². The van der Waals surface area contributed by atoms with Crippen LogP contribution in [0.15, 0.2) is 18.3 Å². The Balaban J connectivity index is 1.94. The highest BCUT2D eigenvalue weighted by Crippen LogP contribution is 2.11. The van der Waals surface area contributed by atoms with Gasteiger partial charge in [0.1, 0.15) is 5.69 Å². The Kier molecular flexibility index (Phi) is 5.09. The van der Waals surface area contributed by atoms with Crippen LogP contribution in [0.25, 0.3) is 0 Å². The van der Waals surface area contributed by atoms with E-state index in [0.29, 0.717) is 18.3 Å². The Labute approximate surface area is 120 Å². The molecule has 1 aliphatic rings. The molecule has 1 unspecified atom stereocenters. The van der Waals surface area contributed by atoms with Crippen molar-refractivity contribution >= 4 is 5.91 Å². The van der Waals surface area contributed by atoms with Crippen molar-refractivity contribution in [2.75, 3.05) is 26.2 Å². The summed E-state index contributed by atoms with van der Waals surface area (Å²) in [6.07, 6.45) is 2.83. The van der Waals surface area contributed by atoms with E-state index in [1.54, 1.807) is 12.3 Å². The molecule has 0 aliphatic carbocycles. The molecule has 20 heavy (non-hydrogen) atoms. The summed E-state index contributed by atoms with van der Waals surface area (Å²) in [5.41, 5.74) is 7.00. The molecule has 110 valence electrons. The molecular formula is C15H24N4O. The predicted molar refractivity (Wildman–Crippen MR) is 79.4 cm³/mol. The van der Waals surface area contributed by atoms with Crippen molar-refractivity contribution in [3.05, 3.63) is 29.6 Å². The van der Waals surface area contributed by atoms with Crippen LogP contribution in [0.5, 0.6) is 0 Å². The van der Waals surface area contributed by atoms with Crippen molar-refractivity contribution in [1.82, 2.24) is 14.8 Å². The van der Waals surface area contributed by atoms with Gasteiger partial charge in [0.2, 0.25) is 0 Å². The maximum absolute atomic E-state index is 12.4. The minimum atomic E-state index is 0.0253. The summed E-state index contributed by atoms with van der Waals surface area (Å²) in [6.45, 7) is 8.35. The van der Waals surface area contributed by atoms with Crippen LogP contribution in [0.4, 0.5) is 0 Å². The van der Waals surface area contributed by atoms with Gasteiger partial charge < -0.3 is 10.6 Å². The van der Waals surface area contributed by atoms with Gasteiger partial charge in [0.15, 0.2) is 0 Å². The standard InChI is InChI=1S/C15H24N4O/c1-3-12(2)18-6-8-19(9-7-18)15(20)14-5-4-13(10-16)11-17-14/h4-5,11-12H,3,6-10,16H2,1-2H3. The number of nitrogens with two attached hydrogens (primary N) is 1. The number of pyridine rings is 1. The Hall–Kier alpha value is -1.46. The molecule has 1 fully saturated rings. The third-order valence-electron chi connectivity index (χ3n) is 4.10. The maximum Gasteiger partial charge on any atom is 0.272 e. The molecule has 0 saturated carbocycles. The lowest BCUT2D eigenvalue weighted by Crippen LogP contribution is -2.51. The van der Waals surface area contributed by atoms with Gasteiger partial charge in [-0.15, -0.1) is 0 Å². The van der Waals surface area contributed by atoms with Gasteiger partial charge in [-0.2, -0.15) is 0 Å². The van der Waals surface area contributed by atoms with Gasteiger partial charge in [-0.1, -0.05) is 13.0 Å². The number of hydrogen-bond donors (Lipinski definition) is 1. The summed E-state index contributed by atoms with van der Waals surface area (Å²) in [7, 11) is 0. The molecule has 1 aliphatic heterocycles. The highest BCUT2D eigenvalue weighted by Gasteiger charge is 2.24. The molecular weight excluding hydrogens is 252 g/mol. The van der Waals surface area contributed by atoms with Crippen molar-refractivity contribution in [2.24, 2.45) is 5.73 Å². The monoisotopic (exact) mass is 276 g/mol. The molecule has 0 aromatic carbocycles. The molecule has 2 N–H and O–H groups in total.